The van der Waals surface area contributed by atoms with Gasteiger partial charge in [-0.1, -0.05) is 6.92 Å². The third-order valence-electron chi connectivity index (χ3n) is 3.31. The number of anilines is 1. The van der Waals surface area contributed by atoms with Crippen LogP contribution in [0.1, 0.15) is 19.2 Å². The maximum atomic E-state index is 6.05. The molecule has 6 heteroatoms. The van der Waals surface area contributed by atoms with Crippen molar-refractivity contribution in [3.63, 3.8) is 0 Å². The quantitative estimate of drug-likeness (QED) is 0.829. The normalized spacial score (nSPS) is 13.4. The molecular formula is C14H18N4O2. The van der Waals surface area contributed by atoms with Gasteiger partial charge >= 0.3 is 0 Å². The largest absolute Gasteiger partial charge is 0.486 e. The van der Waals surface area contributed by atoms with Gasteiger partial charge in [-0.15, -0.1) is 0 Å². The summed E-state index contributed by atoms with van der Waals surface area (Å²) < 4.78 is 12.5. The molecule has 1 aromatic carbocycles. The van der Waals surface area contributed by atoms with Crippen LogP contribution in [-0.4, -0.2) is 22.9 Å². The zero-order valence-corrected chi connectivity index (χ0v) is 11.4. The van der Waals surface area contributed by atoms with Crippen LogP contribution < -0.4 is 21.1 Å². The molecule has 4 N–H and O–H groups in total. The number of hydrogen-bond donors (Lipinski definition) is 2. The highest BCUT2D eigenvalue weighted by atomic mass is 16.6. The molecule has 2 aromatic rings. The Bertz CT molecular complexity index is 636. The lowest BCUT2D eigenvalue weighted by Crippen LogP contribution is -2.15. The van der Waals surface area contributed by atoms with Gasteiger partial charge in [0.2, 0.25) is 0 Å². The number of nitrogens with two attached hydrogens (primary N) is 2. The first kappa shape index (κ1) is 12.7. The predicted octanol–water partition coefficient (Wildman–Crippen LogP) is 1.57. The maximum Gasteiger partial charge on any atom is 0.162 e. The van der Waals surface area contributed by atoms with Gasteiger partial charge in [-0.25, -0.2) is 9.66 Å². The topological polar surface area (TPSA) is 88.3 Å². The Morgan fingerprint density at radius 2 is 2.00 bits per heavy atom. The van der Waals surface area contributed by atoms with Crippen LogP contribution in [-0.2, 0) is 6.42 Å². The number of fused-ring (bicyclic) bond motifs is 1. The first-order valence-corrected chi connectivity index (χ1v) is 6.73. The van der Waals surface area contributed by atoms with Crippen molar-refractivity contribution in [2.24, 2.45) is 0 Å². The van der Waals surface area contributed by atoms with Gasteiger partial charge in [0.1, 0.15) is 24.7 Å². The van der Waals surface area contributed by atoms with Gasteiger partial charge in [0.05, 0.1) is 0 Å². The van der Waals surface area contributed by atoms with E-state index < -0.39 is 0 Å². The summed E-state index contributed by atoms with van der Waals surface area (Å²) in [5.74, 6) is 8.66. The maximum absolute atomic E-state index is 6.05. The van der Waals surface area contributed by atoms with Crippen molar-refractivity contribution in [2.45, 2.75) is 19.8 Å². The molecule has 106 valence electrons. The van der Waals surface area contributed by atoms with E-state index in [-0.39, 0.29) is 0 Å². The molecule has 0 aliphatic carbocycles. The van der Waals surface area contributed by atoms with Gasteiger partial charge in [0, 0.05) is 12.0 Å². The molecule has 20 heavy (non-hydrogen) atoms. The molecule has 0 atom stereocenters. The standard InChI is InChI=1S/C14H18N4O2/c1-2-3-12-17-13(14(15)18(12)16)9-4-5-10-11(8-9)20-7-6-19-10/h4-5,8H,2-3,6-7,15-16H2,1H3. The van der Waals surface area contributed by atoms with Crippen molar-refractivity contribution < 1.29 is 9.47 Å². The van der Waals surface area contributed by atoms with Gasteiger partial charge in [0.25, 0.3) is 0 Å². The highest BCUT2D eigenvalue weighted by Crippen LogP contribution is 2.35. The number of nitrogen functional groups attached to an aromatic ring is 2. The van der Waals surface area contributed by atoms with Gasteiger partial charge in [-0.3, -0.25) is 0 Å². The fourth-order valence-electron chi connectivity index (χ4n) is 2.30. The summed E-state index contributed by atoms with van der Waals surface area (Å²) in [6.45, 7) is 3.21. The Kier molecular flexibility index (Phi) is 3.14. The number of aryl methyl sites for hydroxylation is 1. The second kappa shape index (κ2) is 4.96. The number of rotatable bonds is 3. The zero-order chi connectivity index (χ0) is 14.1. The van der Waals surface area contributed by atoms with Crippen molar-refractivity contribution in [1.29, 1.82) is 0 Å². The predicted molar refractivity (Wildman–Crippen MR) is 77.2 cm³/mol. The Balaban J connectivity index is 2.02. The Morgan fingerprint density at radius 3 is 2.75 bits per heavy atom. The molecule has 0 bridgehead atoms. The first-order valence-electron chi connectivity index (χ1n) is 6.73. The number of ether oxygens (including phenoxy) is 2. The van der Waals surface area contributed by atoms with Crippen LogP contribution in [0.15, 0.2) is 18.2 Å². The molecule has 2 heterocycles. The Morgan fingerprint density at radius 1 is 1.25 bits per heavy atom. The summed E-state index contributed by atoms with van der Waals surface area (Å²) >= 11 is 0. The molecule has 0 amide bonds. The monoisotopic (exact) mass is 274 g/mol. The lowest BCUT2D eigenvalue weighted by atomic mass is 10.1. The minimum Gasteiger partial charge on any atom is -0.486 e. The molecule has 1 aliphatic rings. The molecule has 0 unspecified atom stereocenters. The van der Waals surface area contributed by atoms with Crippen LogP contribution in [0.3, 0.4) is 0 Å². The zero-order valence-electron chi connectivity index (χ0n) is 11.4. The number of benzene rings is 1. The fraction of sp³-hybridized carbons (Fsp3) is 0.357. The van der Waals surface area contributed by atoms with Crippen LogP contribution in [0.2, 0.25) is 0 Å². The minimum atomic E-state index is 0.463. The van der Waals surface area contributed by atoms with Crippen molar-refractivity contribution in [3.05, 3.63) is 24.0 Å². The van der Waals surface area contributed by atoms with Crippen LogP contribution in [0.4, 0.5) is 5.82 Å². The second-order valence-corrected chi connectivity index (χ2v) is 4.74. The van der Waals surface area contributed by atoms with E-state index >= 15 is 0 Å². The molecule has 0 spiro atoms. The molecule has 0 fully saturated rings. The summed E-state index contributed by atoms with van der Waals surface area (Å²) in [7, 11) is 0. The summed E-state index contributed by atoms with van der Waals surface area (Å²) in [4.78, 5) is 4.53. The number of nitrogens with zero attached hydrogens (tertiary/aromatic N) is 2. The second-order valence-electron chi connectivity index (χ2n) is 4.74. The van der Waals surface area contributed by atoms with Crippen LogP contribution >= 0.6 is 0 Å². The summed E-state index contributed by atoms with van der Waals surface area (Å²) in [5, 5.41) is 0. The average molecular weight is 274 g/mol. The van der Waals surface area contributed by atoms with Gasteiger partial charge in [-0.2, -0.15) is 0 Å². The lowest BCUT2D eigenvalue weighted by molar-refractivity contribution is 0.171. The first-order chi connectivity index (χ1) is 9.70. The minimum absolute atomic E-state index is 0.463. The average Bonchev–Trinajstić information content (AvgIpc) is 2.76. The highest BCUT2D eigenvalue weighted by Gasteiger charge is 2.17. The van der Waals surface area contributed by atoms with Gasteiger partial charge in [-0.05, 0) is 24.6 Å². The Labute approximate surface area is 117 Å². The molecule has 3 rings (SSSR count). The van der Waals surface area contributed by atoms with Crippen molar-refractivity contribution >= 4 is 5.82 Å². The van der Waals surface area contributed by atoms with E-state index in [1.54, 1.807) is 0 Å². The molecule has 1 aromatic heterocycles. The lowest BCUT2D eigenvalue weighted by Gasteiger charge is -2.18. The third kappa shape index (κ3) is 2.03. The van der Waals surface area contributed by atoms with Crippen LogP contribution in [0, 0.1) is 0 Å². The van der Waals surface area contributed by atoms with E-state index in [4.69, 9.17) is 21.1 Å². The van der Waals surface area contributed by atoms with Crippen LogP contribution in [0.5, 0.6) is 11.5 Å². The van der Waals surface area contributed by atoms with Gasteiger partial charge in [0.15, 0.2) is 17.3 Å². The van der Waals surface area contributed by atoms with Crippen molar-refractivity contribution in [1.82, 2.24) is 9.66 Å². The highest BCUT2D eigenvalue weighted by molar-refractivity contribution is 5.73. The van der Waals surface area contributed by atoms with Crippen molar-refractivity contribution in [3.8, 4) is 22.8 Å². The smallest absolute Gasteiger partial charge is 0.162 e. The summed E-state index contributed by atoms with van der Waals surface area (Å²) in [5.41, 5.74) is 7.62. The fourth-order valence-corrected chi connectivity index (χ4v) is 2.30. The Hall–Kier alpha value is -2.37. The molecule has 0 saturated heterocycles. The third-order valence-corrected chi connectivity index (χ3v) is 3.31. The van der Waals surface area contributed by atoms with E-state index in [0.717, 1.165) is 35.7 Å². The molecule has 0 saturated carbocycles. The van der Waals surface area contributed by atoms with Gasteiger partial charge < -0.3 is 21.1 Å². The molecule has 6 nitrogen and oxygen atoms in total. The van der Waals surface area contributed by atoms with Crippen LogP contribution in [0.25, 0.3) is 11.3 Å². The number of imidazole rings is 1. The van der Waals surface area contributed by atoms with E-state index in [2.05, 4.69) is 11.9 Å². The van der Waals surface area contributed by atoms with Crippen molar-refractivity contribution in [2.75, 3.05) is 24.8 Å². The summed E-state index contributed by atoms with van der Waals surface area (Å²) in [6, 6.07) is 5.68. The molecule has 1 aliphatic heterocycles. The SMILES string of the molecule is CCCc1nc(-c2ccc3c(c2)OCCO3)c(N)n1N. The molecule has 0 radical (unpaired) electrons. The number of hydrogen-bond acceptors (Lipinski definition) is 5. The van der Waals surface area contributed by atoms with E-state index in [1.165, 1.54) is 4.68 Å². The number of aromatic nitrogens is 2. The van der Waals surface area contributed by atoms with E-state index in [9.17, 15) is 0 Å². The summed E-state index contributed by atoms with van der Waals surface area (Å²) in [6.07, 6.45) is 1.76. The van der Waals surface area contributed by atoms with E-state index in [0.29, 0.717) is 24.7 Å². The van der Waals surface area contributed by atoms with E-state index in [1.807, 2.05) is 18.2 Å². The molecular weight excluding hydrogens is 256 g/mol.